The van der Waals surface area contributed by atoms with E-state index in [0.717, 1.165) is 5.56 Å². The standard InChI is InChI=1S/C20H22N2O3/c1-15(18-8-5-11-21-14-18)25-20(24)17-9-12-22(13-10-17)19(23)16-6-3-2-4-7-16/h2-8,11,14-15,17H,9-10,12-13H2,1H3/t15-/m0/s1. The van der Waals surface area contributed by atoms with Gasteiger partial charge in [-0.15, -0.1) is 0 Å². The van der Waals surface area contributed by atoms with Gasteiger partial charge in [-0.2, -0.15) is 0 Å². The minimum Gasteiger partial charge on any atom is -0.458 e. The van der Waals surface area contributed by atoms with E-state index in [2.05, 4.69) is 4.98 Å². The predicted molar refractivity (Wildman–Crippen MR) is 93.8 cm³/mol. The maximum absolute atomic E-state index is 12.4. The quantitative estimate of drug-likeness (QED) is 0.803. The van der Waals surface area contributed by atoms with Crippen molar-refractivity contribution < 1.29 is 14.3 Å². The lowest BCUT2D eigenvalue weighted by molar-refractivity contribution is -0.155. The van der Waals surface area contributed by atoms with Gasteiger partial charge in [0.05, 0.1) is 5.92 Å². The minimum atomic E-state index is -0.315. The van der Waals surface area contributed by atoms with E-state index in [-0.39, 0.29) is 23.9 Å². The summed E-state index contributed by atoms with van der Waals surface area (Å²) in [6.07, 6.45) is 4.36. The molecule has 3 rings (SSSR count). The molecule has 1 aliphatic rings. The summed E-state index contributed by atoms with van der Waals surface area (Å²) in [5.74, 6) is -0.321. The highest BCUT2D eigenvalue weighted by Crippen LogP contribution is 2.24. The van der Waals surface area contributed by atoms with Crippen LogP contribution in [-0.2, 0) is 9.53 Å². The van der Waals surface area contributed by atoms with E-state index in [0.29, 0.717) is 31.5 Å². The average molecular weight is 338 g/mol. The zero-order chi connectivity index (χ0) is 17.6. The topological polar surface area (TPSA) is 59.5 Å². The fraction of sp³-hybridized carbons (Fsp3) is 0.350. The normalized spacial score (nSPS) is 16.3. The van der Waals surface area contributed by atoms with Crippen molar-refractivity contribution in [3.8, 4) is 0 Å². The molecule has 1 aromatic heterocycles. The summed E-state index contributed by atoms with van der Waals surface area (Å²) in [4.78, 5) is 30.7. The molecule has 1 saturated heterocycles. The zero-order valence-corrected chi connectivity index (χ0v) is 14.3. The van der Waals surface area contributed by atoms with Crippen molar-refractivity contribution in [2.24, 2.45) is 5.92 Å². The average Bonchev–Trinajstić information content (AvgIpc) is 2.69. The van der Waals surface area contributed by atoms with Gasteiger partial charge in [0, 0.05) is 36.6 Å². The summed E-state index contributed by atoms with van der Waals surface area (Å²) < 4.78 is 5.57. The molecule has 1 aliphatic heterocycles. The third-order valence-electron chi connectivity index (χ3n) is 4.58. The van der Waals surface area contributed by atoms with E-state index >= 15 is 0 Å². The highest BCUT2D eigenvalue weighted by atomic mass is 16.5. The van der Waals surface area contributed by atoms with E-state index in [1.807, 2.05) is 54.3 Å². The number of piperidine rings is 1. The van der Waals surface area contributed by atoms with Gasteiger partial charge in [-0.25, -0.2) is 0 Å². The number of rotatable bonds is 4. The van der Waals surface area contributed by atoms with Crippen LogP contribution in [0.1, 0.15) is 41.8 Å². The molecule has 25 heavy (non-hydrogen) atoms. The lowest BCUT2D eigenvalue weighted by Gasteiger charge is -2.31. The van der Waals surface area contributed by atoms with Crippen molar-refractivity contribution >= 4 is 11.9 Å². The lowest BCUT2D eigenvalue weighted by Crippen LogP contribution is -2.40. The molecule has 1 amide bonds. The SMILES string of the molecule is C[C@H](OC(=O)C1CCN(C(=O)c2ccccc2)CC1)c1cccnc1. The molecule has 2 aromatic rings. The number of likely N-dealkylation sites (tertiary alicyclic amines) is 1. The van der Waals surface area contributed by atoms with Gasteiger partial charge in [0.25, 0.3) is 5.91 Å². The maximum atomic E-state index is 12.4. The number of amides is 1. The van der Waals surface area contributed by atoms with Crippen LogP contribution < -0.4 is 0 Å². The number of esters is 1. The van der Waals surface area contributed by atoms with Crippen molar-refractivity contribution in [1.29, 1.82) is 0 Å². The van der Waals surface area contributed by atoms with E-state index in [4.69, 9.17) is 4.74 Å². The zero-order valence-electron chi connectivity index (χ0n) is 14.3. The second-order valence-electron chi connectivity index (χ2n) is 6.30. The summed E-state index contributed by atoms with van der Waals surface area (Å²) in [6, 6.07) is 13.0. The number of carbonyl (C=O) groups excluding carboxylic acids is 2. The van der Waals surface area contributed by atoms with Crippen molar-refractivity contribution in [3.63, 3.8) is 0 Å². The molecule has 1 fully saturated rings. The van der Waals surface area contributed by atoms with Crippen LogP contribution in [-0.4, -0.2) is 34.8 Å². The first-order valence-electron chi connectivity index (χ1n) is 8.60. The molecule has 0 N–H and O–H groups in total. The van der Waals surface area contributed by atoms with Crippen LogP contribution >= 0.6 is 0 Å². The summed E-state index contributed by atoms with van der Waals surface area (Å²) in [5, 5.41) is 0. The maximum Gasteiger partial charge on any atom is 0.309 e. The Balaban J connectivity index is 1.52. The van der Waals surface area contributed by atoms with Crippen LogP contribution in [0.15, 0.2) is 54.9 Å². The number of carbonyl (C=O) groups is 2. The molecule has 0 unspecified atom stereocenters. The monoisotopic (exact) mass is 338 g/mol. The molecule has 0 spiro atoms. The van der Waals surface area contributed by atoms with Crippen LogP contribution in [0.4, 0.5) is 0 Å². The van der Waals surface area contributed by atoms with Crippen LogP contribution in [0.2, 0.25) is 0 Å². The second kappa shape index (κ2) is 7.92. The van der Waals surface area contributed by atoms with Gasteiger partial charge in [0.1, 0.15) is 6.10 Å². The second-order valence-corrected chi connectivity index (χ2v) is 6.30. The third kappa shape index (κ3) is 4.24. The highest BCUT2D eigenvalue weighted by molar-refractivity contribution is 5.94. The Bertz CT molecular complexity index is 710. The number of hydrogen-bond acceptors (Lipinski definition) is 4. The Morgan fingerprint density at radius 1 is 1.12 bits per heavy atom. The first-order chi connectivity index (χ1) is 12.1. The van der Waals surface area contributed by atoms with Crippen molar-refractivity contribution in [3.05, 3.63) is 66.0 Å². The molecule has 1 aromatic carbocycles. The Morgan fingerprint density at radius 3 is 2.48 bits per heavy atom. The Labute approximate surface area is 147 Å². The number of aromatic nitrogens is 1. The number of hydrogen-bond donors (Lipinski definition) is 0. The summed E-state index contributed by atoms with van der Waals surface area (Å²) >= 11 is 0. The fourth-order valence-corrected chi connectivity index (χ4v) is 3.04. The van der Waals surface area contributed by atoms with Gasteiger partial charge < -0.3 is 9.64 Å². The van der Waals surface area contributed by atoms with Crippen LogP contribution in [0, 0.1) is 5.92 Å². The van der Waals surface area contributed by atoms with Gasteiger partial charge in [-0.3, -0.25) is 14.6 Å². The van der Waals surface area contributed by atoms with Crippen LogP contribution in [0.5, 0.6) is 0 Å². The molecule has 0 radical (unpaired) electrons. The van der Waals surface area contributed by atoms with Gasteiger partial charge in [0.15, 0.2) is 0 Å². The van der Waals surface area contributed by atoms with Crippen molar-refractivity contribution in [2.75, 3.05) is 13.1 Å². The molecular weight excluding hydrogens is 316 g/mol. The minimum absolute atomic E-state index is 0.0242. The third-order valence-corrected chi connectivity index (χ3v) is 4.58. The van der Waals surface area contributed by atoms with Gasteiger partial charge in [-0.05, 0) is 38.0 Å². The summed E-state index contributed by atoms with van der Waals surface area (Å²) in [5.41, 5.74) is 1.57. The smallest absolute Gasteiger partial charge is 0.309 e. The number of benzene rings is 1. The highest BCUT2D eigenvalue weighted by Gasteiger charge is 2.29. The first kappa shape index (κ1) is 17.1. The van der Waals surface area contributed by atoms with E-state index < -0.39 is 0 Å². The Kier molecular flexibility index (Phi) is 5.43. The largest absolute Gasteiger partial charge is 0.458 e. The molecule has 5 heteroatoms. The predicted octanol–water partition coefficient (Wildman–Crippen LogP) is 3.24. The van der Waals surface area contributed by atoms with E-state index in [9.17, 15) is 9.59 Å². The lowest BCUT2D eigenvalue weighted by atomic mass is 9.96. The van der Waals surface area contributed by atoms with Crippen LogP contribution in [0.3, 0.4) is 0 Å². The van der Waals surface area contributed by atoms with Crippen molar-refractivity contribution in [2.45, 2.75) is 25.9 Å². The van der Waals surface area contributed by atoms with E-state index in [1.165, 1.54) is 0 Å². The molecule has 0 bridgehead atoms. The van der Waals surface area contributed by atoms with Crippen LogP contribution in [0.25, 0.3) is 0 Å². The van der Waals surface area contributed by atoms with Gasteiger partial charge >= 0.3 is 5.97 Å². The molecule has 5 nitrogen and oxygen atoms in total. The number of nitrogens with zero attached hydrogens (tertiary/aromatic N) is 2. The first-order valence-corrected chi connectivity index (χ1v) is 8.60. The summed E-state index contributed by atoms with van der Waals surface area (Å²) in [6.45, 7) is 3.01. The number of ether oxygens (including phenoxy) is 1. The number of pyridine rings is 1. The van der Waals surface area contributed by atoms with Gasteiger partial charge in [0.2, 0.25) is 0 Å². The van der Waals surface area contributed by atoms with Crippen molar-refractivity contribution in [1.82, 2.24) is 9.88 Å². The molecule has 0 aliphatic carbocycles. The molecule has 0 saturated carbocycles. The Hall–Kier alpha value is -2.69. The fourth-order valence-electron chi connectivity index (χ4n) is 3.04. The molecule has 2 heterocycles. The van der Waals surface area contributed by atoms with E-state index in [1.54, 1.807) is 12.4 Å². The van der Waals surface area contributed by atoms with Gasteiger partial charge in [-0.1, -0.05) is 24.3 Å². The summed E-state index contributed by atoms with van der Waals surface area (Å²) in [7, 11) is 0. The Morgan fingerprint density at radius 2 is 1.84 bits per heavy atom. The molecule has 130 valence electrons. The molecular formula is C20H22N2O3. The molecule has 1 atom stereocenters.